The minimum atomic E-state index is -0.524. The number of benzene rings is 2. The topological polar surface area (TPSA) is 69.0 Å². The zero-order chi connectivity index (χ0) is 21.1. The summed E-state index contributed by atoms with van der Waals surface area (Å²) >= 11 is 7.34. The molecule has 4 aromatic rings. The van der Waals surface area contributed by atoms with Crippen molar-refractivity contribution >= 4 is 34.7 Å². The summed E-state index contributed by atoms with van der Waals surface area (Å²) in [7, 11) is 0. The number of nitrogens with one attached hydrogen (secondary N) is 1. The van der Waals surface area contributed by atoms with E-state index in [1.165, 1.54) is 23.5 Å². The van der Waals surface area contributed by atoms with Crippen molar-refractivity contribution in [3.63, 3.8) is 0 Å². The van der Waals surface area contributed by atoms with Gasteiger partial charge in [-0.15, -0.1) is 11.3 Å². The number of hydrogen-bond acceptors (Lipinski definition) is 5. The molecule has 1 amide bonds. The largest absolute Gasteiger partial charge is 0.481 e. The molecular weight excluding hydrogens is 427 g/mol. The molecule has 0 aliphatic carbocycles. The zero-order valence-corrected chi connectivity index (χ0v) is 17.4. The maximum absolute atomic E-state index is 13.6. The average Bonchev–Trinajstić information content (AvgIpc) is 3.34. The lowest BCUT2D eigenvalue weighted by atomic mass is 10.2. The van der Waals surface area contributed by atoms with Crippen LogP contribution in [0.5, 0.6) is 5.75 Å². The van der Waals surface area contributed by atoms with Crippen molar-refractivity contribution in [2.24, 2.45) is 0 Å². The summed E-state index contributed by atoms with van der Waals surface area (Å²) in [4.78, 5) is 16.9. The summed E-state index contributed by atoms with van der Waals surface area (Å²) in [5.74, 6) is -0.492. The number of carbonyl (C=O) groups is 1. The summed E-state index contributed by atoms with van der Waals surface area (Å²) < 4.78 is 20.4. The number of anilines is 1. The van der Waals surface area contributed by atoms with Gasteiger partial charge in [0.25, 0.3) is 5.91 Å². The third-order valence-electron chi connectivity index (χ3n) is 4.11. The van der Waals surface area contributed by atoms with Crippen molar-refractivity contribution in [2.45, 2.75) is 6.92 Å². The average molecular weight is 443 g/mol. The molecule has 0 aliphatic rings. The molecule has 0 saturated heterocycles. The first-order chi connectivity index (χ1) is 14.5. The molecule has 0 aliphatic heterocycles. The molecule has 0 bridgehead atoms. The van der Waals surface area contributed by atoms with Crippen LogP contribution in [0.2, 0.25) is 5.02 Å². The van der Waals surface area contributed by atoms with Gasteiger partial charge in [0.15, 0.2) is 18.2 Å². The van der Waals surface area contributed by atoms with Gasteiger partial charge < -0.3 is 10.1 Å². The molecule has 0 saturated carbocycles. The smallest absolute Gasteiger partial charge is 0.263 e. The first-order valence-electron chi connectivity index (χ1n) is 8.95. The molecule has 0 fully saturated rings. The van der Waals surface area contributed by atoms with E-state index in [1.807, 2.05) is 24.4 Å². The Bertz CT molecular complexity index is 1190. The molecule has 6 nitrogen and oxygen atoms in total. The molecule has 30 heavy (non-hydrogen) atoms. The van der Waals surface area contributed by atoms with Crippen LogP contribution < -0.4 is 10.1 Å². The highest BCUT2D eigenvalue weighted by molar-refractivity contribution is 7.12. The molecule has 0 spiro atoms. The Balaban J connectivity index is 1.49. The van der Waals surface area contributed by atoms with Crippen LogP contribution in [-0.4, -0.2) is 27.3 Å². The van der Waals surface area contributed by atoms with Crippen LogP contribution in [0.1, 0.15) is 5.69 Å². The van der Waals surface area contributed by atoms with E-state index in [0.717, 1.165) is 11.3 Å². The lowest BCUT2D eigenvalue weighted by Gasteiger charge is -2.08. The Morgan fingerprint density at radius 1 is 1.23 bits per heavy atom. The quantitative estimate of drug-likeness (QED) is 0.450. The molecular formula is C21H16ClFN4O2S. The number of amides is 1. The van der Waals surface area contributed by atoms with Crippen LogP contribution in [0.3, 0.4) is 0 Å². The zero-order valence-electron chi connectivity index (χ0n) is 15.8. The maximum atomic E-state index is 13.6. The first-order valence-corrected chi connectivity index (χ1v) is 10.2. The molecule has 152 valence electrons. The van der Waals surface area contributed by atoms with E-state index in [1.54, 1.807) is 35.0 Å². The van der Waals surface area contributed by atoms with Crippen molar-refractivity contribution in [1.82, 2.24) is 14.8 Å². The number of nitrogens with zero attached hydrogens (tertiary/aromatic N) is 3. The Labute approximate surface area is 180 Å². The number of aryl methyl sites for hydroxylation is 1. The lowest BCUT2D eigenvalue weighted by molar-refractivity contribution is -0.118. The lowest BCUT2D eigenvalue weighted by Crippen LogP contribution is -2.22. The summed E-state index contributed by atoms with van der Waals surface area (Å²) in [5.41, 5.74) is 2.41. The van der Waals surface area contributed by atoms with E-state index in [-0.39, 0.29) is 12.4 Å². The number of hydrogen-bond donors (Lipinski definition) is 1. The highest BCUT2D eigenvalue weighted by Gasteiger charge is 2.15. The van der Waals surface area contributed by atoms with E-state index in [4.69, 9.17) is 16.3 Å². The normalized spacial score (nSPS) is 10.8. The molecule has 9 heteroatoms. The van der Waals surface area contributed by atoms with Gasteiger partial charge in [0.1, 0.15) is 5.82 Å². The molecule has 0 atom stereocenters. The predicted octanol–water partition coefficient (Wildman–Crippen LogP) is 5.11. The number of halogens is 2. The second kappa shape index (κ2) is 8.64. The fourth-order valence-corrected chi connectivity index (χ4v) is 3.66. The van der Waals surface area contributed by atoms with Gasteiger partial charge in [0.2, 0.25) is 5.13 Å². The minimum absolute atomic E-state index is 0.0184. The summed E-state index contributed by atoms with van der Waals surface area (Å²) in [5, 5.41) is 10.3. The number of aromatic nitrogens is 3. The number of ether oxygens (including phenoxy) is 1. The van der Waals surface area contributed by atoms with Gasteiger partial charge >= 0.3 is 0 Å². The van der Waals surface area contributed by atoms with Crippen molar-refractivity contribution in [1.29, 1.82) is 0 Å². The van der Waals surface area contributed by atoms with Crippen LogP contribution in [0.25, 0.3) is 16.4 Å². The monoisotopic (exact) mass is 442 g/mol. The SMILES string of the molecule is Cc1cc(NC(=O)COc2ccccc2F)n(-c2nc(-c3ccc(Cl)cc3)cs2)n1. The van der Waals surface area contributed by atoms with Crippen LogP contribution in [0.15, 0.2) is 60.0 Å². The van der Waals surface area contributed by atoms with Crippen molar-refractivity contribution in [2.75, 3.05) is 11.9 Å². The molecule has 2 aromatic heterocycles. The van der Waals surface area contributed by atoms with E-state index < -0.39 is 11.7 Å². The summed E-state index contributed by atoms with van der Waals surface area (Å²) in [6.07, 6.45) is 0. The number of thiazole rings is 1. The Kier molecular flexibility index (Phi) is 5.78. The Morgan fingerprint density at radius 2 is 2.00 bits per heavy atom. The Morgan fingerprint density at radius 3 is 2.77 bits per heavy atom. The van der Waals surface area contributed by atoms with Crippen LogP contribution in [-0.2, 0) is 4.79 Å². The molecule has 2 aromatic carbocycles. The second-order valence-electron chi connectivity index (χ2n) is 6.37. The fourth-order valence-electron chi connectivity index (χ4n) is 2.73. The van der Waals surface area contributed by atoms with Gasteiger partial charge in [-0.2, -0.15) is 9.78 Å². The molecule has 0 radical (unpaired) electrons. The van der Waals surface area contributed by atoms with Crippen LogP contribution in [0.4, 0.5) is 10.2 Å². The fraction of sp³-hybridized carbons (Fsp3) is 0.0952. The summed E-state index contributed by atoms with van der Waals surface area (Å²) in [6.45, 7) is 1.48. The van der Waals surface area contributed by atoms with Crippen molar-refractivity contribution in [3.8, 4) is 22.1 Å². The number of para-hydroxylation sites is 1. The van der Waals surface area contributed by atoms with Crippen molar-refractivity contribution < 1.29 is 13.9 Å². The van der Waals surface area contributed by atoms with Gasteiger partial charge in [-0.25, -0.2) is 9.37 Å². The second-order valence-corrected chi connectivity index (χ2v) is 7.65. The van der Waals surface area contributed by atoms with E-state index in [2.05, 4.69) is 15.4 Å². The molecule has 2 heterocycles. The van der Waals surface area contributed by atoms with Gasteiger partial charge in [-0.05, 0) is 31.2 Å². The van der Waals surface area contributed by atoms with Gasteiger partial charge in [0, 0.05) is 22.0 Å². The summed E-state index contributed by atoms with van der Waals surface area (Å²) in [6, 6.07) is 15.0. The number of carbonyl (C=O) groups excluding carboxylic acids is 1. The van der Waals surface area contributed by atoms with Crippen LogP contribution in [0, 0.1) is 12.7 Å². The molecule has 0 unspecified atom stereocenters. The highest BCUT2D eigenvalue weighted by atomic mass is 35.5. The predicted molar refractivity (Wildman–Crippen MR) is 115 cm³/mol. The molecule has 4 rings (SSSR count). The van der Waals surface area contributed by atoms with Crippen LogP contribution >= 0.6 is 22.9 Å². The Hall–Kier alpha value is -3.23. The van der Waals surface area contributed by atoms with Crippen molar-refractivity contribution in [3.05, 3.63) is 76.5 Å². The third kappa shape index (κ3) is 4.50. The first kappa shape index (κ1) is 20.1. The van der Waals surface area contributed by atoms with Gasteiger partial charge in [-0.1, -0.05) is 35.9 Å². The van der Waals surface area contributed by atoms with Gasteiger partial charge in [0.05, 0.1) is 11.4 Å². The standard InChI is InChI=1S/C21H16ClFN4O2S/c1-13-10-19(25-20(28)11-29-18-5-3-2-4-16(18)23)27(26-13)21-24-17(12-30-21)14-6-8-15(22)9-7-14/h2-10,12H,11H2,1H3,(H,25,28). The van der Waals surface area contributed by atoms with E-state index >= 15 is 0 Å². The third-order valence-corrected chi connectivity index (χ3v) is 5.18. The van der Waals surface area contributed by atoms with Gasteiger partial charge in [-0.3, -0.25) is 4.79 Å². The number of rotatable bonds is 6. The maximum Gasteiger partial charge on any atom is 0.263 e. The van der Waals surface area contributed by atoms with E-state index in [9.17, 15) is 9.18 Å². The van der Waals surface area contributed by atoms with E-state index in [0.29, 0.717) is 21.7 Å². The highest BCUT2D eigenvalue weighted by Crippen LogP contribution is 2.27. The molecule has 1 N–H and O–H groups in total. The minimum Gasteiger partial charge on any atom is -0.481 e.